The number of hydrogen-bond acceptors (Lipinski definition) is 0. The molecule has 0 aliphatic carbocycles. The molecule has 1 aromatic rings. The van der Waals surface area contributed by atoms with Crippen LogP contribution in [-0.2, 0) is 6.18 Å². The van der Waals surface area contributed by atoms with E-state index < -0.39 is 11.7 Å². The number of halogens is 5. The van der Waals surface area contributed by atoms with Gasteiger partial charge in [-0.3, -0.25) is 0 Å². The van der Waals surface area contributed by atoms with Gasteiger partial charge in [-0.1, -0.05) is 27.5 Å². The Labute approximate surface area is 93.2 Å². The highest BCUT2D eigenvalue weighted by Crippen LogP contribution is 2.35. The van der Waals surface area contributed by atoms with E-state index in [1.807, 2.05) is 0 Å². The lowest BCUT2D eigenvalue weighted by Gasteiger charge is -2.11. The third-order valence-corrected chi connectivity index (χ3v) is 2.59. The lowest BCUT2D eigenvalue weighted by molar-refractivity contribution is -0.137. The van der Waals surface area contributed by atoms with E-state index in [2.05, 4.69) is 15.9 Å². The maximum atomic E-state index is 12.3. The normalized spacial score (nSPS) is 14.1. The van der Waals surface area contributed by atoms with Crippen LogP contribution in [0.15, 0.2) is 18.2 Å². The molecule has 14 heavy (non-hydrogen) atoms. The number of alkyl halides is 4. The van der Waals surface area contributed by atoms with Crippen LogP contribution < -0.4 is 0 Å². The van der Waals surface area contributed by atoms with E-state index in [4.69, 9.17) is 11.6 Å². The minimum atomic E-state index is -4.32. The number of benzene rings is 1. The molecular formula is C9H7BrClF3. The van der Waals surface area contributed by atoms with Gasteiger partial charge >= 0.3 is 6.18 Å². The van der Waals surface area contributed by atoms with E-state index in [1.165, 1.54) is 6.07 Å². The number of rotatable bonds is 1. The molecule has 0 unspecified atom stereocenters. The predicted octanol–water partition coefficient (Wildman–Crippen LogP) is 4.81. The first-order chi connectivity index (χ1) is 6.32. The first-order valence-electron chi connectivity index (χ1n) is 3.83. The molecule has 0 amide bonds. The second-order valence-corrected chi connectivity index (χ2v) is 4.63. The fourth-order valence-electron chi connectivity index (χ4n) is 1.02. The Morgan fingerprint density at radius 1 is 1.36 bits per heavy atom. The molecule has 0 spiro atoms. The van der Waals surface area contributed by atoms with Gasteiger partial charge in [0, 0.05) is 9.85 Å². The van der Waals surface area contributed by atoms with Crippen molar-refractivity contribution < 1.29 is 13.2 Å². The first kappa shape index (κ1) is 11.9. The maximum Gasteiger partial charge on any atom is 0.416 e. The van der Waals surface area contributed by atoms with E-state index in [-0.39, 0.29) is 4.83 Å². The van der Waals surface area contributed by atoms with Gasteiger partial charge in [-0.25, -0.2) is 0 Å². The van der Waals surface area contributed by atoms with Crippen LogP contribution in [0.25, 0.3) is 0 Å². The lowest BCUT2D eigenvalue weighted by Crippen LogP contribution is -2.05. The van der Waals surface area contributed by atoms with Crippen molar-refractivity contribution in [2.75, 3.05) is 0 Å². The Kier molecular flexibility index (Phi) is 3.48. The molecule has 0 aliphatic rings. The van der Waals surface area contributed by atoms with Crippen molar-refractivity contribution in [3.05, 3.63) is 34.3 Å². The average Bonchev–Trinajstić information content (AvgIpc) is 2.02. The van der Waals surface area contributed by atoms with E-state index in [0.717, 1.165) is 12.1 Å². The summed E-state index contributed by atoms with van der Waals surface area (Å²) in [4.78, 5) is -0.197. The SMILES string of the molecule is C[C@@H](Br)c1cc(C(F)(F)F)ccc1Cl. The molecule has 0 aliphatic heterocycles. The zero-order valence-electron chi connectivity index (χ0n) is 7.20. The van der Waals surface area contributed by atoms with E-state index in [1.54, 1.807) is 6.92 Å². The van der Waals surface area contributed by atoms with Crippen molar-refractivity contribution in [2.45, 2.75) is 17.9 Å². The summed E-state index contributed by atoms with van der Waals surface area (Å²) in [7, 11) is 0. The van der Waals surface area contributed by atoms with Crippen LogP contribution in [0.1, 0.15) is 22.9 Å². The smallest absolute Gasteiger partial charge is 0.166 e. The van der Waals surface area contributed by atoms with Crippen molar-refractivity contribution in [1.82, 2.24) is 0 Å². The second-order valence-electron chi connectivity index (χ2n) is 2.85. The van der Waals surface area contributed by atoms with E-state index >= 15 is 0 Å². The Bertz CT molecular complexity index is 333. The minimum Gasteiger partial charge on any atom is -0.166 e. The molecule has 78 valence electrons. The molecule has 0 saturated carbocycles. The van der Waals surface area contributed by atoms with Crippen LogP contribution in [0.2, 0.25) is 5.02 Å². The van der Waals surface area contributed by atoms with Crippen LogP contribution in [0.5, 0.6) is 0 Å². The molecular weight excluding hydrogens is 280 g/mol. The molecule has 1 aromatic carbocycles. The quantitative estimate of drug-likeness (QED) is 0.650. The van der Waals surface area contributed by atoms with Gasteiger partial charge in [0.1, 0.15) is 0 Å². The summed E-state index contributed by atoms with van der Waals surface area (Å²) in [6.45, 7) is 1.72. The summed E-state index contributed by atoms with van der Waals surface area (Å²) < 4.78 is 36.9. The molecule has 0 saturated heterocycles. The highest BCUT2D eigenvalue weighted by molar-refractivity contribution is 9.09. The molecule has 1 rings (SSSR count). The van der Waals surface area contributed by atoms with Crippen LogP contribution in [0.3, 0.4) is 0 Å². The second kappa shape index (κ2) is 4.11. The van der Waals surface area contributed by atoms with Crippen LogP contribution in [-0.4, -0.2) is 0 Å². The van der Waals surface area contributed by atoms with Gasteiger partial charge in [0.2, 0.25) is 0 Å². The average molecular weight is 288 g/mol. The van der Waals surface area contributed by atoms with Gasteiger partial charge in [-0.2, -0.15) is 13.2 Å². The van der Waals surface area contributed by atoms with E-state index in [9.17, 15) is 13.2 Å². The van der Waals surface area contributed by atoms with Crippen molar-refractivity contribution in [3.63, 3.8) is 0 Å². The summed E-state index contributed by atoms with van der Waals surface area (Å²) in [6, 6.07) is 3.29. The molecule has 5 heteroatoms. The third kappa shape index (κ3) is 2.64. The molecule has 0 nitrogen and oxygen atoms in total. The molecule has 0 fully saturated rings. The van der Waals surface area contributed by atoms with Crippen molar-refractivity contribution in [3.8, 4) is 0 Å². The molecule has 0 aromatic heterocycles. The zero-order valence-corrected chi connectivity index (χ0v) is 9.54. The molecule has 1 atom stereocenters. The topological polar surface area (TPSA) is 0 Å². The summed E-state index contributed by atoms with van der Waals surface area (Å²) in [5.41, 5.74) is -0.232. The zero-order chi connectivity index (χ0) is 10.9. The van der Waals surface area contributed by atoms with Gasteiger partial charge in [0.25, 0.3) is 0 Å². The van der Waals surface area contributed by atoms with Crippen LogP contribution in [0.4, 0.5) is 13.2 Å². The summed E-state index contributed by atoms with van der Waals surface area (Å²) in [5, 5.41) is 0.336. The Balaban J connectivity index is 3.20. The van der Waals surface area contributed by atoms with Crippen LogP contribution in [0, 0.1) is 0 Å². The fourth-order valence-corrected chi connectivity index (χ4v) is 1.82. The lowest BCUT2D eigenvalue weighted by atomic mass is 10.1. The van der Waals surface area contributed by atoms with Gasteiger partial charge in [0.05, 0.1) is 5.56 Å². The number of hydrogen-bond donors (Lipinski definition) is 0. The molecule has 0 N–H and O–H groups in total. The highest BCUT2D eigenvalue weighted by atomic mass is 79.9. The van der Waals surface area contributed by atoms with Crippen molar-refractivity contribution in [1.29, 1.82) is 0 Å². The summed E-state index contributed by atoms with van der Waals surface area (Å²) in [6.07, 6.45) is -4.32. The Hall–Kier alpha value is -0.220. The summed E-state index contributed by atoms with van der Waals surface area (Å²) in [5.74, 6) is 0. The fraction of sp³-hybridized carbons (Fsp3) is 0.333. The van der Waals surface area contributed by atoms with Crippen LogP contribution >= 0.6 is 27.5 Å². The standard InChI is InChI=1S/C9H7BrClF3/c1-5(10)7-4-6(9(12,13)14)2-3-8(7)11/h2-5H,1H3/t5-/m1/s1. The van der Waals surface area contributed by atoms with Crippen molar-refractivity contribution >= 4 is 27.5 Å². The first-order valence-corrected chi connectivity index (χ1v) is 5.12. The van der Waals surface area contributed by atoms with Crippen molar-refractivity contribution in [2.24, 2.45) is 0 Å². The Morgan fingerprint density at radius 2 is 1.93 bits per heavy atom. The summed E-state index contributed by atoms with van der Waals surface area (Å²) >= 11 is 8.93. The van der Waals surface area contributed by atoms with Gasteiger partial charge in [-0.15, -0.1) is 0 Å². The van der Waals surface area contributed by atoms with E-state index in [0.29, 0.717) is 10.6 Å². The van der Waals surface area contributed by atoms with Gasteiger partial charge in [-0.05, 0) is 30.7 Å². The Morgan fingerprint density at radius 3 is 2.36 bits per heavy atom. The third-order valence-electron chi connectivity index (χ3n) is 1.75. The molecule has 0 radical (unpaired) electrons. The monoisotopic (exact) mass is 286 g/mol. The maximum absolute atomic E-state index is 12.3. The predicted molar refractivity (Wildman–Crippen MR) is 53.8 cm³/mol. The van der Waals surface area contributed by atoms with Gasteiger partial charge in [0.15, 0.2) is 0 Å². The van der Waals surface area contributed by atoms with Gasteiger partial charge < -0.3 is 0 Å². The highest BCUT2D eigenvalue weighted by Gasteiger charge is 2.31. The minimum absolute atomic E-state index is 0.197. The molecule has 0 heterocycles. The molecule has 0 bridgehead atoms. The largest absolute Gasteiger partial charge is 0.416 e.